The van der Waals surface area contributed by atoms with Crippen molar-refractivity contribution in [1.29, 1.82) is 0 Å². The van der Waals surface area contributed by atoms with Gasteiger partial charge in [-0.3, -0.25) is 0 Å². The van der Waals surface area contributed by atoms with E-state index in [0.717, 1.165) is 16.7 Å². The molecule has 0 spiro atoms. The van der Waals surface area contributed by atoms with E-state index in [9.17, 15) is 9.50 Å². The molecule has 0 aliphatic heterocycles. The number of aliphatic hydroxyl groups is 1. The zero-order chi connectivity index (χ0) is 11.5. The maximum absolute atomic E-state index is 12.7. The molecule has 82 valence electrons. The maximum atomic E-state index is 12.7. The van der Waals surface area contributed by atoms with Gasteiger partial charge in [-0.25, -0.2) is 4.39 Å². The van der Waals surface area contributed by atoms with Crippen molar-refractivity contribution in [2.75, 3.05) is 0 Å². The van der Waals surface area contributed by atoms with Gasteiger partial charge in [-0.1, -0.05) is 36.4 Å². The summed E-state index contributed by atoms with van der Waals surface area (Å²) in [6, 6.07) is 14.0. The molecule has 2 heteroatoms. The lowest BCUT2D eigenvalue weighted by molar-refractivity contribution is 0.199. The molecule has 2 aromatic carbocycles. The van der Waals surface area contributed by atoms with Crippen LogP contribution in [-0.4, -0.2) is 5.11 Å². The molecule has 1 nitrogen and oxygen atoms in total. The number of rotatable bonds is 2. The van der Waals surface area contributed by atoms with Gasteiger partial charge in [0.05, 0.1) is 6.10 Å². The lowest BCUT2D eigenvalue weighted by Crippen LogP contribution is -1.90. The van der Waals surface area contributed by atoms with E-state index in [2.05, 4.69) is 0 Å². The Morgan fingerprint density at radius 2 is 1.31 bits per heavy atom. The fourth-order valence-corrected chi connectivity index (χ4v) is 1.60. The lowest BCUT2D eigenvalue weighted by Gasteiger charge is -2.06. The summed E-state index contributed by atoms with van der Waals surface area (Å²) in [5.41, 5.74) is 2.87. The Bertz CT molecular complexity index is 457. The number of benzene rings is 2. The molecule has 2 aromatic rings. The fourth-order valence-electron chi connectivity index (χ4n) is 1.60. The minimum atomic E-state index is -0.456. The zero-order valence-electron chi connectivity index (χ0n) is 9.02. The highest BCUT2D eigenvalue weighted by Gasteiger charge is 2.01. The van der Waals surface area contributed by atoms with Crippen LogP contribution in [0.15, 0.2) is 48.5 Å². The Kier molecular flexibility index (Phi) is 3.02. The van der Waals surface area contributed by atoms with Crippen LogP contribution in [0, 0.1) is 5.82 Å². The van der Waals surface area contributed by atoms with Crippen LogP contribution in [0.2, 0.25) is 0 Å². The van der Waals surface area contributed by atoms with Crippen LogP contribution >= 0.6 is 0 Å². The molecule has 0 aromatic heterocycles. The van der Waals surface area contributed by atoms with Crippen molar-refractivity contribution in [1.82, 2.24) is 0 Å². The second-order valence-corrected chi connectivity index (χ2v) is 3.80. The summed E-state index contributed by atoms with van der Waals surface area (Å²) in [6.07, 6.45) is -0.456. The van der Waals surface area contributed by atoms with Gasteiger partial charge in [0.2, 0.25) is 0 Å². The number of hydrogen-bond donors (Lipinski definition) is 1. The average Bonchev–Trinajstić information content (AvgIpc) is 2.30. The van der Waals surface area contributed by atoms with E-state index in [0.29, 0.717) is 0 Å². The van der Waals surface area contributed by atoms with Gasteiger partial charge < -0.3 is 5.11 Å². The minimum absolute atomic E-state index is 0.232. The van der Waals surface area contributed by atoms with E-state index in [1.807, 2.05) is 24.3 Å². The van der Waals surface area contributed by atoms with Gasteiger partial charge in [0, 0.05) is 0 Å². The second kappa shape index (κ2) is 4.45. The molecule has 0 heterocycles. The van der Waals surface area contributed by atoms with Crippen LogP contribution in [0.3, 0.4) is 0 Å². The topological polar surface area (TPSA) is 20.2 Å². The maximum Gasteiger partial charge on any atom is 0.123 e. The van der Waals surface area contributed by atoms with Gasteiger partial charge in [0.25, 0.3) is 0 Å². The molecule has 0 radical (unpaired) electrons. The van der Waals surface area contributed by atoms with E-state index in [4.69, 9.17) is 0 Å². The third-order valence-corrected chi connectivity index (χ3v) is 2.57. The van der Waals surface area contributed by atoms with Gasteiger partial charge in [0.15, 0.2) is 0 Å². The molecular formula is C14H13FO. The van der Waals surface area contributed by atoms with Crippen LogP contribution in [0.5, 0.6) is 0 Å². The summed E-state index contributed by atoms with van der Waals surface area (Å²) in [5.74, 6) is -0.232. The standard InChI is InChI=1S/C14H13FO/c1-10(16)11-2-4-12(5-3-11)13-6-8-14(15)9-7-13/h2-10,16H,1H3. The van der Waals surface area contributed by atoms with Crippen molar-refractivity contribution >= 4 is 0 Å². The Morgan fingerprint density at radius 1 is 0.875 bits per heavy atom. The van der Waals surface area contributed by atoms with E-state index < -0.39 is 6.10 Å². The smallest absolute Gasteiger partial charge is 0.123 e. The molecule has 16 heavy (non-hydrogen) atoms. The summed E-state index contributed by atoms with van der Waals surface area (Å²) in [4.78, 5) is 0. The van der Waals surface area contributed by atoms with Crippen LogP contribution in [0.1, 0.15) is 18.6 Å². The first kappa shape index (κ1) is 10.8. The monoisotopic (exact) mass is 216 g/mol. The van der Waals surface area contributed by atoms with E-state index in [1.165, 1.54) is 12.1 Å². The molecule has 0 bridgehead atoms. The molecule has 1 atom stereocenters. The third kappa shape index (κ3) is 2.28. The summed E-state index contributed by atoms with van der Waals surface area (Å²) in [6.45, 7) is 1.73. The van der Waals surface area contributed by atoms with Crippen LogP contribution in [0.25, 0.3) is 11.1 Å². The summed E-state index contributed by atoms with van der Waals surface area (Å²) in [5, 5.41) is 9.37. The molecule has 0 saturated heterocycles. The number of hydrogen-bond acceptors (Lipinski definition) is 1. The first-order chi connectivity index (χ1) is 7.66. The van der Waals surface area contributed by atoms with Crippen LogP contribution < -0.4 is 0 Å². The van der Waals surface area contributed by atoms with Crippen molar-refractivity contribution in [3.05, 3.63) is 59.9 Å². The van der Waals surface area contributed by atoms with Crippen molar-refractivity contribution in [3.8, 4) is 11.1 Å². The predicted molar refractivity (Wildman–Crippen MR) is 62.5 cm³/mol. The Labute approximate surface area is 94.2 Å². The summed E-state index contributed by atoms with van der Waals surface area (Å²) in [7, 11) is 0. The molecule has 0 aliphatic carbocycles. The quantitative estimate of drug-likeness (QED) is 0.814. The molecule has 1 unspecified atom stereocenters. The van der Waals surface area contributed by atoms with Crippen LogP contribution in [0.4, 0.5) is 4.39 Å². The molecular weight excluding hydrogens is 203 g/mol. The van der Waals surface area contributed by atoms with Gasteiger partial charge in [-0.2, -0.15) is 0 Å². The van der Waals surface area contributed by atoms with Crippen molar-refractivity contribution in [2.45, 2.75) is 13.0 Å². The Hall–Kier alpha value is -1.67. The third-order valence-electron chi connectivity index (χ3n) is 2.57. The Morgan fingerprint density at radius 3 is 1.75 bits per heavy atom. The van der Waals surface area contributed by atoms with E-state index >= 15 is 0 Å². The first-order valence-electron chi connectivity index (χ1n) is 5.21. The molecule has 0 amide bonds. The van der Waals surface area contributed by atoms with Crippen molar-refractivity contribution in [3.63, 3.8) is 0 Å². The zero-order valence-corrected chi connectivity index (χ0v) is 9.02. The van der Waals surface area contributed by atoms with Gasteiger partial charge in [-0.15, -0.1) is 0 Å². The Balaban J connectivity index is 2.31. The highest BCUT2D eigenvalue weighted by Crippen LogP contribution is 2.22. The number of aliphatic hydroxyl groups excluding tert-OH is 1. The van der Waals surface area contributed by atoms with Gasteiger partial charge in [-0.05, 0) is 35.7 Å². The fraction of sp³-hybridized carbons (Fsp3) is 0.143. The van der Waals surface area contributed by atoms with Crippen LogP contribution in [-0.2, 0) is 0 Å². The van der Waals surface area contributed by atoms with Crippen molar-refractivity contribution in [2.24, 2.45) is 0 Å². The van der Waals surface area contributed by atoms with Crippen molar-refractivity contribution < 1.29 is 9.50 Å². The summed E-state index contributed by atoms with van der Waals surface area (Å²) >= 11 is 0. The predicted octanol–water partition coefficient (Wildman–Crippen LogP) is 3.55. The highest BCUT2D eigenvalue weighted by atomic mass is 19.1. The molecule has 2 rings (SSSR count). The second-order valence-electron chi connectivity index (χ2n) is 3.80. The molecule has 0 saturated carbocycles. The molecule has 0 aliphatic rings. The highest BCUT2D eigenvalue weighted by molar-refractivity contribution is 5.63. The lowest BCUT2D eigenvalue weighted by atomic mass is 10.0. The SMILES string of the molecule is CC(O)c1ccc(-c2ccc(F)cc2)cc1. The average molecular weight is 216 g/mol. The minimum Gasteiger partial charge on any atom is -0.389 e. The summed E-state index contributed by atoms with van der Waals surface area (Å²) < 4.78 is 12.7. The van der Waals surface area contributed by atoms with Gasteiger partial charge >= 0.3 is 0 Å². The first-order valence-corrected chi connectivity index (χ1v) is 5.21. The van der Waals surface area contributed by atoms with Gasteiger partial charge in [0.1, 0.15) is 5.82 Å². The van der Waals surface area contributed by atoms with E-state index in [-0.39, 0.29) is 5.82 Å². The molecule has 0 fully saturated rings. The largest absolute Gasteiger partial charge is 0.389 e. The van der Waals surface area contributed by atoms with E-state index in [1.54, 1.807) is 19.1 Å². The molecule has 1 N–H and O–H groups in total. The normalized spacial score (nSPS) is 12.4. The number of halogens is 1.